The van der Waals surface area contributed by atoms with E-state index in [-0.39, 0.29) is 5.69 Å². The third-order valence-corrected chi connectivity index (χ3v) is 3.97. The fraction of sp³-hybridized carbons (Fsp3) is 0.235. The molecule has 12 heteroatoms. The highest BCUT2D eigenvalue weighted by molar-refractivity contribution is 5.47. The zero-order valence-electron chi connectivity index (χ0n) is 14.6. The summed E-state index contributed by atoms with van der Waals surface area (Å²) in [6.07, 6.45) is -9.60. The lowest BCUT2D eigenvalue weighted by atomic mass is 10.1. The molecule has 0 N–H and O–H groups in total. The molecule has 0 spiro atoms. The van der Waals surface area contributed by atoms with Crippen LogP contribution in [0, 0.1) is 0 Å². The van der Waals surface area contributed by atoms with Crippen LogP contribution in [0.25, 0.3) is 5.69 Å². The quantitative estimate of drug-likeness (QED) is 0.608. The van der Waals surface area contributed by atoms with Crippen LogP contribution in [0.2, 0.25) is 0 Å². The van der Waals surface area contributed by atoms with Gasteiger partial charge in [-0.15, -0.1) is 0 Å². The third kappa shape index (κ3) is 4.10. The standard InChI is InChI=1S/C17H12F6N4O2/c1-26-15(28)27(25-24-26)13-7-4-6-11(16(18,19)20)10(13)9-29-14-8-3-2-5-12(14)17(21,22)23/h2-8H,9H2,1H3. The summed E-state index contributed by atoms with van der Waals surface area (Å²) in [6, 6.07) is 7.08. The minimum atomic E-state index is -4.84. The van der Waals surface area contributed by atoms with Gasteiger partial charge in [-0.05, 0) is 34.7 Å². The molecule has 0 aliphatic rings. The Morgan fingerprint density at radius 2 is 1.52 bits per heavy atom. The highest BCUT2D eigenvalue weighted by Crippen LogP contribution is 2.38. The highest BCUT2D eigenvalue weighted by atomic mass is 19.4. The first-order valence-electron chi connectivity index (χ1n) is 7.97. The lowest BCUT2D eigenvalue weighted by Crippen LogP contribution is -2.24. The summed E-state index contributed by atoms with van der Waals surface area (Å²) in [5.74, 6) is -0.644. The van der Waals surface area contributed by atoms with Gasteiger partial charge in [-0.25, -0.2) is 4.79 Å². The second-order valence-electron chi connectivity index (χ2n) is 5.88. The molecule has 0 bridgehead atoms. The van der Waals surface area contributed by atoms with Crippen LogP contribution in [0.3, 0.4) is 0 Å². The lowest BCUT2D eigenvalue weighted by molar-refractivity contribution is -0.140. The monoisotopic (exact) mass is 418 g/mol. The Kier molecular flexibility index (Phi) is 5.11. The van der Waals surface area contributed by atoms with Crippen LogP contribution in [0.5, 0.6) is 5.75 Å². The minimum Gasteiger partial charge on any atom is -0.488 e. The van der Waals surface area contributed by atoms with Crippen molar-refractivity contribution in [1.82, 2.24) is 19.8 Å². The topological polar surface area (TPSA) is 61.9 Å². The molecule has 0 unspecified atom stereocenters. The maximum absolute atomic E-state index is 13.5. The SMILES string of the molecule is Cn1nnn(-c2cccc(C(F)(F)F)c2COc2ccccc2C(F)(F)F)c1=O. The highest BCUT2D eigenvalue weighted by Gasteiger charge is 2.36. The van der Waals surface area contributed by atoms with Gasteiger partial charge < -0.3 is 4.74 Å². The van der Waals surface area contributed by atoms with Gasteiger partial charge >= 0.3 is 18.0 Å². The lowest BCUT2D eigenvalue weighted by Gasteiger charge is -2.18. The second kappa shape index (κ2) is 7.26. The number of nitrogens with zero attached hydrogens (tertiary/aromatic N) is 4. The summed E-state index contributed by atoms with van der Waals surface area (Å²) in [4.78, 5) is 12.1. The summed E-state index contributed by atoms with van der Waals surface area (Å²) in [5, 5.41) is 6.93. The van der Waals surface area contributed by atoms with Gasteiger partial charge in [0.05, 0.1) is 16.8 Å². The summed E-state index contributed by atoms with van der Waals surface area (Å²) in [5.41, 5.74) is -4.00. The van der Waals surface area contributed by atoms with E-state index >= 15 is 0 Å². The van der Waals surface area contributed by atoms with Crippen molar-refractivity contribution in [3.8, 4) is 11.4 Å². The predicted octanol–water partition coefficient (Wildman–Crippen LogP) is 3.58. The number of para-hydroxylation sites is 1. The number of halogens is 6. The van der Waals surface area contributed by atoms with Crippen LogP contribution >= 0.6 is 0 Å². The largest absolute Gasteiger partial charge is 0.488 e. The number of hydrogen-bond acceptors (Lipinski definition) is 4. The van der Waals surface area contributed by atoms with Crippen molar-refractivity contribution in [2.75, 3.05) is 0 Å². The number of rotatable bonds is 4. The fourth-order valence-electron chi connectivity index (χ4n) is 2.63. The van der Waals surface area contributed by atoms with Crippen molar-refractivity contribution in [1.29, 1.82) is 0 Å². The predicted molar refractivity (Wildman–Crippen MR) is 87.4 cm³/mol. The summed E-state index contributed by atoms with van der Waals surface area (Å²) < 4.78 is 86.3. The molecule has 0 radical (unpaired) electrons. The molecule has 0 fully saturated rings. The first-order valence-corrected chi connectivity index (χ1v) is 7.97. The van der Waals surface area contributed by atoms with Crippen molar-refractivity contribution >= 4 is 0 Å². The molecule has 0 amide bonds. The number of aromatic nitrogens is 4. The summed E-state index contributed by atoms with van der Waals surface area (Å²) in [6.45, 7) is -0.888. The van der Waals surface area contributed by atoms with Crippen LogP contribution in [0.15, 0.2) is 47.3 Å². The minimum absolute atomic E-state index is 0.303. The van der Waals surface area contributed by atoms with E-state index in [2.05, 4.69) is 10.4 Å². The number of alkyl halides is 6. The Labute approximate surface area is 158 Å². The molecular weight excluding hydrogens is 406 g/mol. The molecule has 6 nitrogen and oxygen atoms in total. The zero-order valence-corrected chi connectivity index (χ0v) is 14.6. The molecule has 2 aromatic carbocycles. The number of tetrazole rings is 1. The van der Waals surface area contributed by atoms with Gasteiger partial charge in [0.1, 0.15) is 12.4 Å². The van der Waals surface area contributed by atoms with E-state index < -0.39 is 47.1 Å². The van der Waals surface area contributed by atoms with Gasteiger partial charge in [0, 0.05) is 12.6 Å². The van der Waals surface area contributed by atoms with E-state index in [9.17, 15) is 31.1 Å². The molecule has 1 heterocycles. The Morgan fingerprint density at radius 3 is 2.10 bits per heavy atom. The summed E-state index contributed by atoms with van der Waals surface area (Å²) >= 11 is 0. The van der Waals surface area contributed by atoms with Crippen molar-refractivity contribution in [2.45, 2.75) is 19.0 Å². The molecule has 0 atom stereocenters. The van der Waals surface area contributed by atoms with E-state index in [1.165, 1.54) is 19.2 Å². The van der Waals surface area contributed by atoms with Crippen molar-refractivity contribution in [3.63, 3.8) is 0 Å². The van der Waals surface area contributed by atoms with Crippen LogP contribution in [-0.2, 0) is 26.0 Å². The fourth-order valence-corrected chi connectivity index (χ4v) is 2.63. The van der Waals surface area contributed by atoms with E-state index in [0.717, 1.165) is 35.0 Å². The molecule has 1 aromatic heterocycles. The zero-order chi connectivity index (χ0) is 21.4. The van der Waals surface area contributed by atoms with Crippen molar-refractivity contribution in [2.24, 2.45) is 7.05 Å². The molecule has 0 aliphatic carbocycles. The van der Waals surface area contributed by atoms with Crippen LogP contribution in [0.4, 0.5) is 26.3 Å². The maximum atomic E-state index is 13.5. The van der Waals surface area contributed by atoms with E-state index in [0.29, 0.717) is 4.68 Å². The maximum Gasteiger partial charge on any atom is 0.419 e. The Balaban J connectivity index is 2.10. The number of benzene rings is 2. The van der Waals surface area contributed by atoms with Gasteiger partial charge in [0.25, 0.3) is 0 Å². The molecule has 154 valence electrons. The normalized spacial score (nSPS) is 12.2. The molecular formula is C17H12F6N4O2. The third-order valence-electron chi connectivity index (χ3n) is 3.97. The average Bonchev–Trinajstić information content (AvgIpc) is 2.97. The number of ether oxygens (including phenoxy) is 1. The van der Waals surface area contributed by atoms with Gasteiger partial charge in [-0.1, -0.05) is 18.2 Å². The summed E-state index contributed by atoms with van der Waals surface area (Å²) in [7, 11) is 1.25. The van der Waals surface area contributed by atoms with Gasteiger partial charge in [0.15, 0.2) is 0 Å². The molecule has 0 saturated carbocycles. The smallest absolute Gasteiger partial charge is 0.419 e. The van der Waals surface area contributed by atoms with Gasteiger partial charge in [0.2, 0.25) is 0 Å². The Morgan fingerprint density at radius 1 is 0.897 bits per heavy atom. The first-order chi connectivity index (χ1) is 13.5. The second-order valence-corrected chi connectivity index (χ2v) is 5.88. The van der Waals surface area contributed by atoms with E-state index in [4.69, 9.17) is 4.74 Å². The molecule has 3 aromatic rings. The Hall–Kier alpha value is -3.31. The van der Waals surface area contributed by atoms with E-state index in [1.807, 2.05) is 0 Å². The van der Waals surface area contributed by atoms with E-state index in [1.54, 1.807) is 0 Å². The van der Waals surface area contributed by atoms with Crippen LogP contribution in [-0.4, -0.2) is 19.8 Å². The van der Waals surface area contributed by atoms with Crippen LogP contribution in [0.1, 0.15) is 16.7 Å². The first kappa shape index (κ1) is 20.4. The molecule has 29 heavy (non-hydrogen) atoms. The average molecular weight is 418 g/mol. The molecule has 0 aliphatic heterocycles. The van der Waals surface area contributed by atoms with Crippen molar-refractivity contribution in [3.05, 3.63) is 69.6 Å². The molecule has 0 saturated heterocycles. The van der Waals surface area contributed by atoms with Gasteiger partial charge in [-0.3, -0.25) is 0 Å². The number of aryl methyl sites for hydroxylation is 1. The number of hydrogen-bond donors (Lipinski definition) is 0. The van der Waals surface area contributed by atoms with Crippen molar-refractivity contribution < 1.29 is 31.1 Å². The molecule has 3 rings (SSSR count). The Bertz CT molecular complexity index is 1080. The van der Waals surface area contributed by atoms with Gasteiger partial charge in [-0.2, -0.15) is 35.7 Å². The van der Waals surface area contributed by atoms with Crippen LogP contribution < -0.4 is 10.4 Å².